The molecular weight excluding hydrogens is 496 g/mol. The summed E-state index contributed by atoms with van der Waals surface area (Å²) in [7, 11) is 1.48. The molecule has 3 rings (SSSR count). The molecule has 1 saturated heterocycles. The zero-order chi connectivity index (χ0) is 23.3. The van der Waals surface area contributed by atoms with E-state index in [4.69, 9.17) is 15.9 Å². The highest BCUT2D eigenvalue weighted by Gasteiger charge is 2.36. The lowest BCUT2D eigenvalue weighted by molar-refractivity contribution is -0.127. The summed E-state index contributed by atoms with van der Waals surface area (Å²) in [5.41, 5.74) is 2.07. The van der Waals surface area contributed by atoms with Gasteiger partial charge in [-0.05, 0) is 54.6 Å². The average Bonchev–Trinajstić information content (AvgIpc) is 3.00. The number of methoxy groups -OCH3 is 1. The van der Waals surface area contributed by atoms with Crippen LogP contribution in [0.1, 0.15) is 11.1 Å². The Morgan fingerprint density at radius 3 is 2.78 bits per heavy atom. The zero-order valence-corrected chi connectivity index (χ0v) is 19.7. The van der Waals surface area contributed by atoms with Gasteiger partial charge in [0.2, 0.25) is 5.91 Å². The molecule has 0 aromatic heterocycles. The maximum atomic E-state index is 12.8. The number of hydrogen-bond acceptors (Lipinski definition) is 6. The number of aryl methyl sites for hydroxylation is 1. The maximum Gasteiger partial charge on any atom is 0.294 e. The van der Waals surface area contributed by atoms with Gasteiger partial charge in [-0.2, -0.15) is 0 Å². The van der Waals surface area contributed by atoms with Crippen LogP contribution < -0.4 is 14.8 Å². The lowest BCUT2D eigenvalue weighted by Gasteiger charge is -2.13. The quantitative estimate of drug-likeness (QED) is 0.433. The lowest BCUT2D eigenvalue weighted by atomic mass is 10.1. The Balaban J connectivity index is 1.82. The molecule has 1 heterocycles. The first kappa shape index (κ1) is 23.4. The molecule has 7 nitrogen and oxygen atoms in total. The first-order valence-corrected chi connectivity index (χ1v) is 11.0. The number of carbonyl (C=O) groups is 3. The zero-order valence-electron chi connectivity index (χ0n) is 17.3. The van der Waals surface area contributed by atoms with Crippen molar-refractivity contribution in [2.24, 2.45) is 0 Å². The molecule has 0 saturated carbocycles. The van der Waals surface area contributed by atoms with Gasteiger partial charge in [-0.25, -0.2) is 0 Å². The number of hydrogen-bond donors (Lipinski definition) is 1. The van der Waals surface area contributed by atoms with Crippen molar-refractivity contribution in [2.45, 2.75) is 6.92 Å². The molecule has 0 unspecified atom stereocenters. The van der Waals surface area contributed by atoms with Crippen LogP contribution in [-0.2, 0) is 9.59 Å². The molecule has 1 N–H and O–H groups in total. The Morgan fingerprint density at radius 2 is 2.09 bits per heavy atom. The van der Waals surface area contributed by atoms with Crippen molar-refractivity contribution in [1.29, 1.82) is 0 Å². The Kier molecular flexibility index (Phi) is 7.62. The minimum atomic E-state index is -0.568. The van der Waals surface area contributed by atoms with Crippen molar-refractivity contribution in [3.05, 3.63) is 56.9 Å². The number of terminal acetylenes is 1. The van der Waals surface area contributed by atoms with Gasteiger partial charge in [0, 0.05) is 15.7 Å². The van der Waals surface area contributed by atoms with Crippen LogP contribution in [0, 0.1) is 19.3 Å². The van der Waals surface area contributed by atoms with Gasteiger partial charge in [0.15, 0.2) is 11.5 Å². The van der Waals surface area contributed by atoms with E-state index in [1.165, 1.54) is 13.2 Å². The van der Waals surface area contributed by atoms with E-state index in [2.05, 4.69) is 27.2 Å². The van der Waals surface area contributed by atoms with Crippen LogP contribution in [0.25, 0.3) is 6.08 Å². The lowest BCUT2D eigenvalue weighted by Crippen LogP contribution is -2.36. The van der Waals surface area contributed by atoms with Gasteiger partial charge >= 0.3 is 0 Å². The number of carbonyl (C=O) groups excluding carboxylic acids is 3. The Bertz CT molecular complexity index is 1160. The Morgan fingerprint density at radius 1 is 1.31 bits per heavy atom. The number of imide groups is 1. The predicted molar refractivity (Wildman–Crippen MR) is 128 cm³/mol. The maximum absolute atomic E-state index is 12.8. The van der Waals surface area contributed by atoms with Crippen LogP contribution in [0.2, 0.25) is 0 Å². The third-order valence-corrected chi connectivity index (χ3v) is 5.70. The van der Waals surface area contributed by atoms with Gasteiger partial charge in [0.25, 0.3) is 11.1 Å². The van der Waals surface area contributed by atoms with E-state index < -0.39 is 23.6 Å². The number of nitrogens with zero attached hydrogens (tertiary/aromatic N) is 1. The van der Waals surface area contributed by atoms with Crippen LogP contribution >= 0.6 is 27.7 Å². The van der Waals surface area contributed by atoms with Crippen molar-refractivity contribution in [2.75, 3.05) is 25.6 Å². The van der Waals surface area contributed by atoms with Gasteiger partial charge in [-0.1, -0.05) is 34.0 Å². The van der Waals surface area contributed by atoms with E-state index in [0.29, 0.717) is 27.2 Å². The number of thioether (sulfide) groups is 1. The number of amides is 3. The van der Waals surface area contributed by atoms with E-state index in [9.17, 15) is 14.4 Å². The number of halogens is 1. The highest BCUT2D eigenvalue weighted by Crippen LogP contribution is 2.39. The Labute approximate surface area is 198 Å². The summed E-state index contributed by atoms with van der Waals surface area (Å²) in [6, 6.07) is 10.6. The molecule has 2 aromatic rings. The topological polar surface area (TPSA) is 84.9 Å². The minimum absolute atomic E-state index is 0.000554. The van der Waals surface area contributed by atoms with Crippen LogP contribution in [0.4, 0.5) is 10.5 Å². The van der Waals surface area contributed by atoms with Gasteiger partial charge in [0.05, 0.1) is 12.0 Å². The van der Waals surface area contributed by atoms with E-state index in [-0.39, 0.29) is 11.5 Å². The first-order valence-electron chi connectivity index (χ1n) is 9.38. The summed E-state index contributed by atoms with van der Waals surface area (Å²) in [6.07, 6.45) is 6.81. The molecule has 3 amide bonds. The molecule has 164 valence electrons. The fraction of sp³-hybridized carbons (Fsp3) is 0.174. The second kappa shape index (κ2) is 10.4. The number of nitrogens with one attached hydrogen (secondary N) is 1. The highest BCUT2D eigenvalue weighted by atomic mass is 79.9. The van der Waals surface area contributed by atoms with Crippen molar-refractivity contribution >= 4 is 56.5 Å². The number of ether oxygens (including phenoxy) is 2. The molecular formula is C23H19BrN2O5S. The monoisotopic (exact) mass is 514 g/mol. The minimum Gasteiger partial charge on any atom is -0.493 e. The molecule has 0 atom stereocenters. The van der Waals surface area contributed by atoms with Crippen molar-refractivity contribution < 1.29 is 23.9 Å². The predicted octanol–water partition coefficient (Wildman–Crippen LogP) is 4.45. The largest absolute Gasteiger partial charge is 0.493 e. The van der Waals surface area contributed by atoms with Gasteiger partial charge in [-0.15, -0.1) is 6.42 Å². The smallest absolute Gasteiger partial charge is 0.294 e. The summed E-state index contributed by atoms with van der Waals surface area (Å²) >= 11 is 4.13. The van der Waals surface area contributed by atoms with E-state index in [1.54, 1.807) is 30.3 Å². The second-order valence-corrected chi connectivity index (χ2v) is 8.61. The first-order chi connectivity index (χ1) is 15.3. The summed E-state index contributed by atoms with van der Waals surface area (Å²) in [5, 5.41) is 2.16. The molecule has 1 aliphatic rings. The van der Waals surface area contributed by atoms with Crippen LogP contribution in [0.5, 0.6) is 11.5 Å². The molecule has 0 radical (unpaired) electrons. The molecule has 0 aliphatic carbocycles. The number of rotatable bonds is 7. The number of benzene rings is 2. The summed E-state index contributed by atoms with van der Waals surface area (Å²) in [6.45, 7) is 1.51. The van der Waals surface area contributed by atoms with Crippen LogP contribution in [0.3, 0.4) is 0 Å². The Hall–Kier alpha value is -3.22. The van der Waals surface area contributed by atoms with Crippen LogP contribution in [-0.4, -0.2) is 42.2 Å². The van der Waals surface area contributed by atoms with Crippen molar-refractivity contribution in [3.8, 4) is 23.8 Å². The van der Waals surface area contributed by atoms with E-state index >= 15 is 0 Å². The van der Waals surface area contributed by atoms with Gasteiger partial charge in [0.1, 0.15) is 13.2 Å². The molecule has 1 fully saturated rings. The number of anilines is 1. The second-order valence-electron chi connectivity index (χ2n) is 6.70. The molecule has 1 aliphatic heterocycles. The fourth-order valence-corrected chi connectivity index (χ4v) is 4.24. The molecule has 32 heavy (non-hydrogen) atoms. The third kappa shape index (κ3) is 5.52. The molecule has 9 heteroatoms. The fourth-order valence-electron chi connectivity index (χ4n) is 2.96. The third-order valence-electron chi connectivity index (χ3n) is 4.33. The summed E-state index contributed by atoms with van der Waals surface area (Å²) in [5.74, 6) is 2.10. The molecule has 0 bridgehead atoms. The normalized spacial score (nSPS) is 14.4. The molecule has 0 spiro atoms. The van der Waals surface area contributed by atoms with Crippen LogP contribution in [0.15, 0.2) is 45.8 Å². The van der Waals surface area contributed by atoms with E-state index in [0.717, 1.165) is 22.2 Å². The standard InChI is InChI=1S/C23H19BrN2O5S/c1-4-8-31-21-15(10-16(24)12-18(21)30-3)11-19-22(28)26(23(29)32-19)13-20(27)25-17-7-5-6-14(2)9-17/h1,5-7,9-12H,8,13H2,2-3H3,(H,25,27)/b19-11+. The summed E-state index contributed by atoms with van der Waals surface area (Å²) < 4.78 is 11.6. The van der Waals surface area contributed by atoms with Crippen molar-refractivity contribution in [3.63, 3.8) is 0 Å². The van der Waals surface area contributed by atoms with Gasteiger partial charge in [-0.3, -0.25) is 19.3 Å². The van der Waals surface area contributed by atoms with Crippen molar-refractivity contribution in [1.82, 2.24) is 4.90 Å². The van der Waals surface area contributed by atoms with E-state index in [1.807, 2.05) is 13.0 Å². The summed E-state index contributed by atoms with van der Waals surface area (Å²) in [4.78, 5) is 38.7. The highest BCUT2D eigenvalue weighted by molar-refractivity contribution is 9.10. The SMILES string of the molecule is C#CCOc1c(/C=C2/SC(=O)N(CC(=O)Nc3cccc(C)c3)C2=O)cc(Br)cc1OC. The molecule has 2 aromatic carbocycles. The average molecular weight is 515 g/mol. The van der Waals surface area contributed by atoms with Gasteiger partial charge < -0.3 is 14.8 Å².